The van der Waals surface area contributed by atoms with Crippen molar-refractivity contribution in [3.8, 4) is 0 Å². The summed E-state index contributed by atoms with van der Waals surface area (Å²) in [7, 11) is 0. The predicted octanol–water partition coefficient (Wildman–Crippen LogP) is 6.23. The number of hydrogen-bond donors (Lipinski definition) is 4. The predicted molar refractivity (Wildman–Crippen MR) is 222 cm³/mol. The van der Waals surface area contributed by atoms with Crippen LogP contribution in [0.1, 0.15) is 147 Å². The van der Waals surface area contributed by atoms with E-state index >= 15 is 0 Å². The van der Waals surface area contributed by atoms with Crippen LogP contribution in [0.5, 0.6) is 0 Å². The molecular formula is C46H68N2O11. The third-order valence-corrected chi connectivity index (χ3v) is 11.5. The largest absolute Gasteiger partial charge is 0.460 e. The number of esters is 2. The summed E-state index contributed by atoms with van der Waals surface area (Å²) in [6.07, 6.45) is 13.7. The first-order valence-electron chi connectivity index (χ1n) is 22.0. The second kappa shape index (κ2) is 21.3. The summed E-state index contributed by atoms with van der Waals surface area (Å²) >= 11 is 0. The third kappa shape index (κ3) is 13.7. The Kier molecular flexibility index (Phi) is 16.7. The first-order valence-corrected chi connectivity index (χ1v) is 22.0. The quantitative estimate of drug-likeness (QED) is 0.0627. The fraction of sp³-hybridized carbons (Fsp3) is 0.696. The van der Waals surface area contributed by atoms with Crippen molar-refractivity contribution in [2.45, 2.75) is 192 Å². The van der Waals surface area contributed by atoms with Gasteiger partial charge in [0.25, 0.3) is 0 Å². The van der Waals surface area contributed by atoms with Crippen LogP contribution in [-0.4, -0.2) is 101 Å². The number of carbonyl (C=O) groups is 4. The number of nitrogens with one attached hydrogen (secondary N) is 2. The van der Waals surface area contributed by atoms with E-state index in [9.17, 15) is 29.4 Å². The maximum Gasteiger partial charge on any atom is 0.338 e. The van der Waals surface area contributed by atoms with E-state index in [0.29, 0.717) is 36.5 Å². The van der Waals surface area contributed by atoms with E-state index in [1.165, 1.54) is 6.92 Å². The van der Waals surface area contributed by atoms with Crippen molar-refractivity contribution in [1.29, 1.82) is 0 Å². The van der Waals surface area contributed by atoms with Crippen LogP contribution in [0, 0.1) is 5.92 Å². The smallest absolute Gasteiger partial charge is 0.338 e. The van der Waals surface area contributed by atoms with Crippen LogP contribution in [-0.2, 0) is 38.1 Å². The zero-order chi connectivity index (χ0) is 42.7. The molecule has 0 bridgehead atoms. The van der Waals surface area contributed by atoms with E-state index in [4.69, 9.17) is 23.7 Å². The summed E-state index contributed by atoms with van der Waals surface area (Å²) in [6.45, 7) is 10.4. The van der Waals surface area contributed by atoms with E-state index in [0.717, 1.165) is 63.4 Å². The maximum atomic E-state index is 14.0. The Bertz CT molecular complexity index is 1620. The van der Waals surface area contributed by atoms with Gasteiger partial charge in [0.15, 0.2) is 5.79 Å². The topological polar surface area (TPSA) is 182 Å². The lowest BCUT2D eigenvalue weighted by Crippen LogP contribution is -2.55. The van der Waals surface area contributed by atoms with Gasteiger partial charge >= 0.3 is 11.9 Å². The van der Waals surface area contributed by atoms with Gasteiger partial charge in [-0.25, -0.2) is 4.79 Å². The van der Waals surface area contributed by atoms with Crippen LogP contribution in [0.15, 0.2) is 42.0 Å². The van der Waals surface area contributed by atoms with Crippen LogP contribution >= 0.6 is 0 Å². The number of aliphatic hydroxyl groups is 2. The highest BCUT2D eigenvalue weighted by Gasteiger charge is 2.52. The van der Waals surface area contributed by atoms with Gasteiger partial charge < -0.3 is 44.5 Å². The summed E-state index contributed by atoms with van der Waals surface area (Å²) < 4.78 is 30.7. The molecule has 9 atom stereocenters. The normalized spacial score (nSPS) is 26.1. The highest BCUT2D eigenvalue weighted by molar-refractivity contribution is 5.97. The molecule has 13 nitrogen and oxygen atoms in total. The zero-order valence-corrected chi connectivity index (χ0v) is 35.9. The summed E-state index contributed by atoms with van der Waals surface area (Å²) in [5.74, 6) is -2.85. The monoisotopic (exact) mass is 824 g/mol. The molecule has 0 spiro atoms. The summed E-state index contributed by atoms with van der Waals surface area (Å²) in [6, 6.07) is 5.01. The lowest BCUT2D eigenvalue weighted by atomic mass is 9.89. The minimum absolute atomic E-state index is 0.0147. The molecule has 2 amide bonds. The minimum Gasteiger partial charge on any atom is -0.460 e. The number of fused-ring (bicyclic) bond motifs is 2. The van der Waals surface area contributed by atoms with Crippen molar-refractivity contribution in [2.75, 3.05) is 6.61 Å². The van der Waals surface area contributed by atoms with Crippen LogP contribution in [0.25, 0.3) is 6.08 Å². The third-order valence-electron chi connectivity index (χ3n) is 11.5. The Balaban J connectivity index is 1.30. The van der Waals surface area contributed by atoms with Gasteiger partial charge in [0.1, 0.15) is 30.0 Å². The lowest BCUT2D eigenvalue weighted by Gasteiger charge is -2.31. The number of aliphatic hydroxyl groups excluding tert-OH is 2. The van der Waals surface area contributed by atoms with Crippen LogP contribution in [0.2, 0.25) is 0 Å². The van der Waals surface area contributed by atoms with Crippen molar-refractivity contribution in [1.82, 2.24) is 10.6 Å². The highest BCUT2D eigenvalue weighted by atomic mass is 16.8. The van der Waals surface area contributed by atoms with Crippen molar-refractivity contribution in [3.63, 3.8) is 0 Å². The number of carbonyl (C=O) groups excluding carboxylic acids is 4. The number of ether oxygens (including phenoxy) is 5. The average molecular weight is 825 g/mol. The number of epoxide rings is 1. The van der Waals surface area contributed by atoms with Crippen LogP contribution in [0.4, 0.5) is 0 Å². The molecule has 2 heterocycles. The molecule has 2 saturated heterocycles. The zero-order valence-electron chi connectivity index (χ0n) is 35.9. The molecule has 0 radical (unpaired) electrons. The average Bonchev–Trinajstić information content (AvgIpc) is 3.88. The van der Waals surface area contributed by atoms with Crippen molar-refractivity contribution >= 4 is 29.8 Å². The van der Waals surface area contributed by atoms with Gasteiger partial charge in [-0.15, -0.1) is 0 Å². The number of benzene rings is 1. The molecule has 1 aromatic rings. The summed E-state index contributed by atoms with van der Waals surface area (Å²) in [5, 5.41) is 25.9. The molecule has 13 heteroatoms. The van der Waals surface area contributed by atoms with Crippen LogP contribution in [0.3, 0.4) is 0 Å². The molecule has 5 rings (SSSR count). The first-order chi connectivity index (χ1) is 28.1. The maximum absolute atomic E-state index is 14.0. The molecule has 4 N–H and O–H groups in total. The van der Waals surface area contributed by atoms with Gasteiger partial charge in [0, 0.05) is 31.3 Å². The summed E-state index contributed by atoms with van der Waals surface area (Å²) in [5.41, 5.74) is 0.871. The molecule has 59 heavy (non-hydrogen) atoms. The minimum atomic E-state index is -1.40. The van der Waals surface area contributed by atoms with Gasteiger partial charge in [-0.1, -0.05) is 63.8 Å². The Morgan fingerprint density at radius 2 is 1.66 bits per heavy atom. The SMILES string of the molecule is CCCCCC1(CCCCC)OC2C=C(C(=O)NC(C(=O)NC(CO)CCC(=O)OC(C)(C)C)C(C)O)CC(OC(=O)c3ccc(C=CC4CCC5OC5C4)cc3)C2O1. The second-order valence-electron chi connectivity index (χ2n) is 17.8. The van der Waals surface area contributed by atoms with Gasteiger partial charge in [0.2, 0.25) is 11.8 Å². The van der Waals surface area contributed by atoms with E-state index < -0.39 is 78.2 Å². The molecule has 4 aliphatic rings. The van der Waals surface area contributed by atoms with Gasteiger partial charge in [-0.2, -0.15) is 0 Å². The Morgan fingerprint density at radius 3 is 2.27 bits per heavy atom. The molecular weight excluding hydrogens is 757 g/mol. The van der Waals surface area contributed by atoms with E-state index in [-0.39, 0.29) is 24.8 Å². The number of unbranched alkanes of at least 4 members (excludes halogenated alkanes) is 4. The molecule has 328 valence electrons. The van der Waals surface area contributed by atoms with Crippen molar-refractivity contribution in [2.24, 2.45) is 5.92 Å². The van der Waals surface area contributed by atoms with Gasteiger partial charge in [0.05, 0.1) is 36.5 Å². The molecule has 2 aliphatic heterocycles. The van der Waals surface area contributed by atoms with Gasteiger partial charge in [-0.05, 0) is 95.9 Å². The lowest BCUT2D eigenvalue weighted by molar-refractivity contribution is -0.190. The highest BCUT2D eigenvalue weighted by Crippen LogP contribution is 2.43. The van der Waals surface area contributed by atoms with E-state index in [1.807, 2.05) is 12.1 Å². The first kappa shape index (κ1) is 46.4. The standard InChI is InChI=1S/C46H68N2O11/c1-7-9-11-23-46(24-12-10-8-2)57-38-27-33(42(52)48-40(29(3)50)43(53)47-34(28-49)20-22-39(51)58-45(4,5)6)26-37(41(38)59-46)56-44(54)32-18-15-30(16-19-32)13-14-31-17-21-35-36(25-31)55-35/h13-16,18-19,27,29,31,34-38,40-41,49-50H,7-12,17,20-26,28H2,1-6H3,(H,47,53)(H,48,52). The fourth-order valence-corrected chi connectivity index (χ4v) is 8.22. The number of hydrogen-bond acceptors (Lipinski definition) is 11. The molecule has 2 aliphatic carbocycles. The number of rotatable bonds is 21. The molecule has 1 saturated carbocycles. The van der Waals surface area contributed by atoms with E-state index in [2.05, 4.69) is 36.6 Å². The number of allylic oxidation sites excluding steroid dienone is 1. The van der Waals surface area contributed by atoms with Gasteiger partial charge in [-0.3, -0.25) is 14.4 Å². The number of amides is 2. The fourth-order valence-electron chi connectivity index (χ4n) is 8.22. The molecule has 1 aromatic carbocycles. The van der Waals surface area contributed by atoms with Crippen molar-refractivity contribution < 1.29 is 53.1 Å². The van der Waals surface area contributed by atoms with Crippen molar-refractivity contribution in [3.05, 3.63) is 53.1 Å². The molecule has 0 aromatic heterocycles. The Labute approximate surface area is 350 Å². The van der Waals surface area contributed by atoms with E-state index in [1.54, 1.807) is 39.0 Å². The second-order valence-corrected chi connectivity index (χ2v) is 17.8. The molecule has 9 unspecified atom stereocenters. The Morgan fingerprint density at radius 1 is 0.966 bits per heavy atom. The van der Waals surface area contributed by atoms with Crippen LogP contribution < -0.4 is 10.6 Å². The summed E-state index contributed by atoms with van der Waals surface area (Å²) in [4.78, 5) is 53.5. The molecule has 3 fully saturated rings. The Hall–Kier alpha value is -3.62.